The Hall–Kier alpha value is 0.670. The second-order valence-corrected chi connectivity index (χ2v) is 1.25. The van der Waals surface area contributed by atoms with Crippen molar-refractivity contribution < 1.29 is 4.79 Å². The van der Waals surface area contributed by atoms with E-state index in [2.05, 4.69) is 0 Å². The first-order chi connectivity index (χ1) is 2.81. The normalized spacial score (nSPS) is 7.14. The fourth-order valence-electron chi connectivity index (χ4n) is 0.250. The number of ketones is 1. The Bertz CT molecular complexity index is 46.0. The van der Waals surface area contributed by atoms with Gasteiger partial charge in [0.25, 0.3) is 0 Å². The van der Waals surface area contributed by atoms with Crippen molar-refractivity contribution in [1.29, 1.82) is 0 Å². The summed E-state index contributed by atoms with van der Waals surface area (Å²) in [5.74, 6) is 0.343. The van der Waals surface area contributed by atoms with Crippen molar-refractivity contribution in [3.8, 4) is 0 Å². The van der Waals surface area contributed by atoms with Gasteiger partial charge in [-0.3, -0.25) is 4.79 Å². The predicted molar refractivity (Wildman–Crippen MR) is 31.3 cm³/mol. The van der Waals surface area contributed by atoms with Gasteiger partial charge in [0.05, 0.1) is 0 Å². The van der Waals surface area contributed by atoms with Crippen molar-refractivity contribution in [3.05, 3.63) is 0 Å². The molecule has 0 rings (SSSR count). The second kappa shape index (κ2) is 6.67. The van der Waals surface area contributed by atoms with Crippen molar-refractivity contribution in [3.63, 3.8) is 0 Å². The molecule has 0 saturated carbocycles. The molecule has 0 aliphatic heterocycles. The Morgan fingerprint density at radius 2 is 1.57 bits per heavy atom. The van der Waals surface area contributed by atoms with Crippen molar-refractivity contribution in [2.24, 2.45) is 0 Å². The van der Waals surface area contributed by atoms with Crippen LogP contribution in [-0.4, -0.2) is 35.3 Å². The van der Waals surface area contributed by atoms with Crippen LogP contribution in [0.4, 0.5) is 0 Å². The van der Waals surface area contributed by atoms with Crippen molar-refractivity contribution >= 4 is 35.3 Å². The molecule has 1 nitrogen and oxygen atoms in total. The maximum absolute atomic E-state index is 10.2. The Balaban J connectivity index is 0. The van der Waals surface area contributed by atoms with Gasteiger partial charge in [-0.05, 0) is 0 Å². The summed E-state index contributed by atoms with van der Waals surface area (Å²) < 4.78 is 0. The minimum Gasteiger partial charge on any atom is -0.300 e. The first kappa shape index (κ1) is 10.6. The minimum atomic E-state index is 0. The van der Waals surface area contributed by atoms with Crippen LogP contribution in [0.1, 0.15) is 26.7 Å². The largest absolute Gasteiger partial charge is 0.300 e. The Kier molecular flexibility index (Phi) is 10.1. The molecule has 1 radical (unpaired) electrons. The molecule has 0 amide bonds. The van der Waals surface area contributed by atoms with Gasteiger partial charge >= 0.3 is 0 Å². The quantitative estimate of drug-likeness (QED) is 0.483. The van der Waals surface area contributed by atoms with E-state index in [4.69, 9.17) is 0 Å². The molecule has 0 aromatic carbocycles. The van der Waals surface area contributed by atoms with Gasteiger partial charge in [0.2, 0.25) is 0 Å². The third-order valence-electron chi connectivity index (χ3n) is 0.789. The molecule has 0 spiro atoms. The van der Waals surface area contributed by atoms with E-state index in [1.54, 1.807) is 0 Å². The van der Waals surface area contributed by atoms with E-state index in [1.807, 2.05) is 13.8 Å². The zero-order valence-corrected chi connectivity index (χ0v) is 7.32. The van der Waals surface area contributed by atoms with E-state index >= 15 is 0 Å². The molecule has 0 saturated heterocycles. The molecular weight excluding hydrogens is 99.0 g/mol. The van der Waals surface area contributed by atoms with Crippen LogP contribution in [0.25, 0.3) is 0 Å². The molecule has 0 aliphatic carbocycles. The Morgan fingerprint density at radius 3 is 1.57 bits per heavy atom. The number of rotatable bonds is 2. The molecule has 0 atom stereocenters. The zero-order chi connectivity index (χ0) is 4.99. The summed E-state index contributed by atoms with van der Waals surface area (Å²) >= 11 is 0. The third kappa shape index (κ3) is 6.67. The second-order valence-electron chi connectivity index (χ2n) is 1.25. The van der Waals surface area contributed by atoms with Crippen LogP contribution in [0, 0.1) is 0 Å². The van der Waals surface area contributed by atoms with Gasteiger partial charge in [-0.15, -0.1) is 0 Å². The first-order valence-corrected chi connectivity index (χ1v) is 2.33. The average molecular weight is 109 g/mol. The van der Waals surface area contributed by atoms with E-state index in [0.717, 1.165) is 0 Å². The number of hydrogen-bond donors (Lipinski definition) is 0. The van der Waals surface area contributed by atoms with E-state index in [9.17, 15) is 4.79 Å². The molecule has 0 N–H and O–H groups in total. The van der Waals surface area contributed by atoms with Gasteiger partial charge in [0.1, 0.15) is 5.78 Å². The van der Waals surface area contributed by atoms with Crippen molar-refractivity contribution in [2.45, 2.75) is 26.7 Å². The van der Waals surface area contributed by atoms with Gasteiger partial charge in [-0.2, -0.15) is 0 Å². The zero-order valence-electron chi connectivity index (χ0n) is 5.32. The topological polar surface area (TPSA) is 17.1 Å². The van der Waals surface area contributed by atoms with Crippen LogP contribution in [0.15, 0.2) is 0 Å². The van der Waals surface area contributed by atoms with Crippen LogP contribution in [0.3, 0.4) is 0 Å². The summed E-state index contributed by atoms with van der Waals surface area (Å²) in [5, 5.41) is 0. The molecule has 0 aliphatic rings. The van der Waals surface area contributed by atoms with Crippen molar-refractivity contribution in [1.82, 2.24) is 0 Å². The Morgan fingerprint density at radius 1 is 1.29 bits per heavy atom. The molecule has 0 unspecified atom stereocenters. The molecule has 0 heterocycles. The minimum absolute atomic E-state index is 0. The van der Waals surface area contributed by atoms with E-state index in [1.165, 1.54) is 0 Å². The van der Waals surface area contributed by atoms with Gasteiger partial charge in [0, 0.05) is 42.4 Å². The predicted octanol–water partition coefficient (Wildman–Crippen LogP) is 0.995. The fraction of sp³-hybridized carbons (Fsp3) is 0.800. The van der Waals surface area contributed by atoms with E-state index < -0.39 is 0 Å². The maximum Gasteiger partial charge on any atom is 0.132 e. The summed E-state index contributed by atoms with van der Waals surface area (Å²) in [6.45, 7) is 3.76. The standard InChI is InChI=1S/C5H10O.Na/c1-3-5(6)4-2;/h3-4H2,1-2H3;. The number of carbonyl (C=O) groups excluding carboxylic acids is 1. The number of carbonyl (C=O) groups is 1. The van der Waals surface area contributed by atoms with Crippen LogP contribution < -0.4 is 0 Å². The Labute approximate surface area is 66.8 Å². The molecule has 7 heavy (non-hydrogen) atoms. The third-order valence-corrected chi connectivity index (χ3v) is 0.789. The number of Topliss-reactive ketones (excluding diaryl/α,β-unsaturated/α-hetero) is 1. The van der Waals surface area contributed by atoms with Gasteiger partial charge in [0.15, 0.2) is 0 Å². The summed E-state index contributed by atoms with van der Waals surface area (Å²) in [6.07, 6.45) is 1.38. The molecular formula is C5H10NaO. The average Bonchev–Trinajstić information content (AvgIpc) is 1.65. The van der Waals surface area contributed by atoms with Crippen LogP contribution in [-0.2, 0) is 4.79 Å². The van der Waals surface area contributed by atoms with Crippen molar-refractivity contribution in [2.75, 3.05) is 0 Å². The van der Waals surface area contributed by atoms with Crippen LogP contribution in [0.2, 0.25) is 0 Å². The van der Waals surface area contributed by atoms with E-state index in [0.29, 0.717) is 18.6 Å². The molecule has 0 aromatic rings. The van der Waals surface area contributed by atoms with Crippen LogP contribution in [0.5, 0.6) is 0 Å². The first-order valence-electron chi connectivity index (χ1n) is 2.33. The number of hydrogen-bond acceptors (Lipinski definition) is 1. The monoisotopic (exact) mass is 109 g/mol. The molecule has 37 valence electrons. The molecule has 0 bridgehead atoms. The van der Waals surface area contributed by atoms with Gasteiger partial charge in [-0.25, -0.2) is 0 Å². The molecule has 2 heteroatoms. The smallest absolute Gasteiger partial charge is 0.132 e. The summed E-state index contributed by atoms with van der Waals surface area (Å²) in [7, 11) is 0. The molecule has 0 aromatic heterocycles. The molecule has 0 fully saturated rings. The SMILES string of the molecule is CCC(=O)CC.[Na]. The summed E-state index contributed by atoms with van der Waals surface area (Å²) in [6, 6.07) is 0. The summed E-state index contributed by atoms with van der Waals surface area (Å²) in [4.78, 5) is 10.2. The van der Waals surface area contributed by atoms with E-state index in [-0.39, 0.29) is 29.6 Å². The summed E-state index contributed by atoms with van der Waals surface area (Å²) in [5.41, 5.74) is 0. The fourth-order valence-corrected chi connectivity index (χ4v) is 0.250. The van der Waals surface area contributed by atoms with Crippen LogP contribution >= 0.6 is 0 Å². The van der Waals surface area contributed by atoms with Gasteiger partial charge in [-0.1, -0.05) is 13.8 Å². The van der Waals surface area contributed by atoms with Gasteiger partial charge < -0.3 is 0 Å². The maximum atomic E-state index is 10.2.